The van der Waals surface area contributed by atoms with Crippen LogP contribution in [0.4, 0.5) is 37.7 Å². The number of halogens is 6. The highest BCUT2D eigenvalue weighted by Gasteiger charge is 2.51. The van der Waals surface area contributed by atoms with Gasteiger partial charge in [-0.3, -0.25) is 39.2 Å². The Balaban J connectivity index is 0.970. The highest BCUT2D eigenvalue weighted by Crippen LogP contribution is 2.47. The quantitative estimate of drug-likeness (QED) is 0.121. The summed E-state index contributed by atoms with van der Waals surface area (Å²) in [4.78, 5) is 59.6. The van der Waals surface area contributed by atoms with Crippen molar-refractivity contribution < 1.29 is 50.3 Å². The minimum absolute atomic E-state index is 0.00477. The van der Waals surface area contributed by atoms with Gasteiger partial charge < -0.3 is 9.64 Å². The number of anilines is 2. The molecule has 19 heteroatoms. The maximum absolute atomic E-state index is 14.4. The molecule has 328 valence electrons. The first kappa shape index (κ1) is 44.6. The van der Waals surface area contributed by atoms with Crippen LogP contribution in [0.15, 0.2) is 54.7 Å². The summed E-state index contributed by atoms with van der Waals surface area (Å²) in [5.41, 5.74) is -1.00. The fourth-order valence-electron chi connectivity index (χ4n) is 8.32. The molecule has 1 saturated carbocycles. The van der Waals surface area contributed by atoms with E-state index in [2.05, 4.69) is 10.3 Å². The summed E-state index contributed by atoms with van der Waals surface area (Å²) in [6, 6.07) is 12.4. The van der Waals surface area contributed by atoms with Crippen LogP contribution in [-0.2, 0) is 38.2 Å². The molecule has 7 rings (SSSR count). The number of amides is 3. The van der Waals surface area contributed by atoms with Crippen molar-refractivity contribution in [2.24, 2.45) is 5.92 Å². The summed E-state index contributed by atoms with van der Waals surface area (Å²) in [5, 5.41) is 11.4. The lowest BCUT2D eigenvalue weighted by Gasteiger charge is -2.41. The van der Waals surface area contributed by atoms with E-state index in [1.165, 1.54) is 15.9 Å². The van der Waals surface area contributed by atoms with Crippen LogP contribution in [0.5, 0.6) is 5.75 Å². The first-order valence-corrected chi connectivity index (χ1v) is 20.5. The minimum atomic E-state index is -4.91. The van der Waals surface area contributed by atoms with Crippen molar-refractivity contribution in [3.63, 3.8) is 0 Å². The number of nitriles is 1. The van der Waals surface area contributed by atoms with Gasteiger partial charge in [0.15, 0.2) is 16.6 Å². The summed E-state index contributed by atoms with van der Waals surface area (Å²) in [6.45, 7) is 2.93. The number of rotatable bonds is 13. The lowest BCUT2D eigenvalue weighted by molar-refractivity contribution is -0.197. The summed E-state index contributed by atoms with van der Waals surface area (Å²) in [5.74, 6) is -1.40. The van der Waals surface area contributed by atoms with Crippen molar-refractivity contribution in [2.75, 3.05) is 49.1 Å². The number of ether oxygens (including phenoxy) is 1. The Kier molecular flexibility index (Phi) is 12.5. The largest absolute Gasteiger partial charge is 0.492 e. The van der Waals surface area contributed by atoms with E-state index in [4.69, 9.17) is 17.0 Å². The predicted molar refractivity (Wildman–Crippen MR) is 217 cm³/mol. The molecule has 3 aliphatic heterocycles. The molecule has 4 fully saturated rings. The van der Waals surface area contributed by atoms with Gasteiger partial charge in [0.05, 0.1) is 24.0 Å². The summed E-state index contributed by atoms with van der Waals surface area (Å²) >= 11 is 5.68. The Morgan fingerprint density at radius 2 is 1.74 bits per heavy atom. The summed E-state index contributed by atoms with van der Waals surface area (Å²) < 4.78 is 90.8. The molecule has 1 aliphatic carbocycles. The van der Waals surface area contributed by atoms with Gasteiger partial charge >= 0.3 is 12.4 Å². The van der Waals surface area contributed by atoms with E-state index in [1.807, 2.05) is 6.07 Å². The third kappa shape index (κ3) is 9.62. The number of carbonyl (C=O) groups excluding carboxylic acids is 4. The van der Waals surface area contributed by atoms with Gasteiger partial charge in [-0.05, 0) is 98.6 Å². The zero-order valence-electron chi connectivity index (χ0n) is 33.8. The van der Waals surface area contributed by atoms with Gasteiger partial charge in [-0.15, -0.1) is 0 Å². The van der Waals surface area contributed by atoms with E-state index in [9.17, 15) is 50.8 Å². The van der Waals surface area contributed by atoms with E-state index < -0.39 is 41.1 Å². The Bertz CT molecular complexity index is 2330. The molecule has 4 heterocycles. The number of thiocarbonyl (C=S) groups is 1. The van der Waals surface area contributed by atoms with Gasteiger partial charge in [0.2, 0.25) is 11.8 Å². The lowest BCUT2D eigenvalue weighted by Crippen LogP contribution is -2.60. The number of piperazine rings is 1. The van der Waals surface area contributed by atoms with Crippen LogP contribution in [0.25, 0.3) is 0 Å². The average molecular weight is 884 g/mol. The van der Waals surface area contributed by atoms with Gasteiger partial charge in [0, 0.05) is 50.6 Å². The number of hydrogen-bond acceptors (Lipinski definition) is 10. The molecule has 1 unspecified atom stereocenters. The molecule has 0 radical (unpaired) electrons. The number of pyridine rings is 1. The summed E-state index contributed by atoms with van der Waals surface area (Å²) in [7, 11) is 0. The smallest absolute Gasteiger partial charge is 0.419 e. The predicted octanol–water partition coefficient (Wildman–Crippen LogP) is 6.10. The second-order valence-electron chi connectivity index (χ2n) is 16.6. The zero-order valence-corrected chi connectivity index (χ0v) is 34.6. The highest BCUT2D eigenvalue weighted by molar-refractivity contribution is 7.81. The van der Waals surface area contributed by atoms with Gasteiger partial charge in [-0.25, -0.2) is 4.98 Å². The number of nitrogens with zero attached hydrogens (tertiary/aromatic N) is 6. The van der Waals surface area contributed by atoms with Crippen molar-refractivity contribution in [1.29, 1.82) is 5.26 Å². The number of piperidine rings is 1. The Morgan fingerprint density at radius 1 is 1.00 bits per heavy atom. The molecular weight excluding hydrogens is 841 g/mol. The van der Waals surface area contributed by atoms with Crippen LogP contribution in [0.1, 0.15) is 73.4 Å². The molecule has 2 atom stereocenters. The molecule has 12 nitrogen and oxygen atoms in total. The molecule has 3 aromatic rings. The van der Waals surface area contributed by atoms with Crippen LogP contribution in [0.2, 0.25) is 0 Å². The van der Waals surface area contributed by atoms with Crippen molar-refractivity contribution in [3.8, 4) is 11.8 Å². The van der Waals surface area contributed by atoms with Gasteiger partial charge in [-0.2, -0.15) is 31.6 Å². The van der Waals surface area contributed by atoms with Crippen molar-refractivity contribution in [3.05, 3.63) is 82.7 Å². The molecule has 62 heavy (non-hydrogen) atoms. The number of carbonyl (C=O) groups is 4. The highest BCUT2D eigenvalue weighted by atomic mass is 32.1. The average Bonchev–Trinajstić information content (AvgIpc) is 4.03. The van der Waals surface area contributed by atoms with E-state index in [0.717, 1.165) is 35.1 Å². The number of Topliss-reactive ketones (excluding diaryl/α,β-unsaturated/α-hetero) is 1. The number of aromatic nitrogens is 1. The van der Waals surface area contributed by atoms with E-state index >= 15 is 0 Å². The lowest BCUT2D eigenvalue weighted by atomic mass is 9.90. The first-order valence-electron chi connectivity index (χ1n) is 20.1. The molecule has 0 spiro atoms. The number of nitrogens with one attached hydrogen (secondary N) is 1. The molecular formula is C43H43F6N7O5S. The Morgan fingerprint density at radius 3 is 2.42 bits per heavy atom. The molecule has 3 amide bonds. The Hall–Kier alpha value is -5.45. The van der Waals surface area contributed by atoms with Crippen LogP contribution < -0.4 is 19.9 Å². The second-order valence-corrected chi connectivity index (χ2v) is 16.9. The first-order chi connectivity index (χ1) is 29.2. The number of alkyl halides is 6. The maximum Gasteiger partial charge on any atom is 0.419 e. The zero-order chi connectivity index (χ0) is 44.7. The number of ketones is 1. The molecule has 3 saturated heterocycles. The molecule has 0 bridgehead atoms. The van der Waals surface area contributed by atoms with Crippen LogP contribution in [0, 0.1) is 17.2 Å². The van der Waals surface area contributed by atoms with Gasteiger partial charge in [-0.1, -0.05) is 24.3 Å². The fraction of sp³-hybridized carbons (Fsp3) is 0.465. The molecule has 1 N–H and O–H groups in total. The van der Waals surface area contributed by atoms with Crippen molar-refractivity contribution in [2.45, 2.75) is 82.2 Å². The van der Waals surface area contributed by atoms with Crippen LogP contribution in [-0.4, -0.2) is 100 Å². The molecule has 2 aromatic carbocycles. The SMILES string of the molecule is CC1(C)C(=O)N(c2cnc(C#N)c(C(F)(F)F)c2)C(=S)N1c1ccc(OCCN2CCN(CC(=O)Cc3cccc(CC4CCC(=O)NC4=O)c3)[C@H](C(F)(F)F)C2)c(C2CC2)c1. The Labute approximate surface area is 358 Å². The monoisotopic (exact) mass is 883 g/mol. The standard InChI is InChI=1S/C43H43F6N7O5S/c1-41(2)39(60)55(30-20-33(42(44,45)46)34(21-50)51-22-30)40(62)56(41)29-9-10-35(32(19-29)27-6-7-27)61-15-14-53-12-13-54(36(24-53)43(47,48)49)23-31(57)18-26-5-3-4-25(16-26)17-28-8-11-37(58)52-38(28)59/h3-5,9-10,16,19-20,22,27-28,36H,6-8,11-15,17-18,23-24H2,1-2H3,(H,52,58,59)/t28?,36-/m0/s1. The van der Waals surface area contributed by atoms with Crippen LogP contribution >= 0.6 is 12.2 Å². The van der Waals surface area contributed by atoms with Gasteiger partial charge in [0.25, 0.3) is 5.91 Å². The third-order valence-electron chi connectivity index (χ3n) is 11.7. The number of benzene rings is 2. The number of imide groups is 1. The summed E-state index contributed by atoms with van der Waals surface area (Å²) in [6.07, 6.45) is -5.85. The van der Waals surface area contributed by atoms with Gasteiger partial charge in [0.1, 0.15) is 30.0 Å². The second kappa shape index (κ2) is 17.4. The van der Waals surface area contributed by atoms with Crippen molar-refractivity contribution >= 4 is 52.2 Å². The minimum Gasteiger partial charge on any atom is -0.492 e. The normalized spacial score (nSPS) is 21.3. The van der Waals surface area contributed by atoms with E-state index in [1.54, 1.807) is 55.1 Å². The van der Waals surface area contributed by atoms with Crippen molar-refractivity contribution in [1.82, 2.24) is 20.1 Å². The van der Waals surface area contributed by atoms with E-state index in [-0.39, 0.29) is 92.4 Å². The topological polar surface area (TPSA) is 139 Å². The number of hydrogen-bond donors (Lipinski definition) is 1. The third-order valence-corrected chi connectivity index (χ3v) is 12.1. The fourth-order valence-corrected chi connectivity index (χ4v) is 8.84. The molecule has 4 aliphatic rings. The maximum atomic E-state index is 14.4. The molecule has 1 aromatic heterocycles. The van der Waals surface area contributed by atoms with Crippen LogP contribution in [0.3, 0.4) is 0 Å². The van der Waals surface area contributed by atoms with E-state index in [0.29, 0.717) is 35.9 Å².